The summed E-state index contributed by atoms with van der Waals surface area (Å²) >= 11 is 0. The highest BCUT2D eigenvalue weighted by Crippen LogP contribution is 2.11. The summed E-state index contributed by atoms with van der Waals surface area (Å²) in [5.74, 6) is -0.293. The maximum absolute atomic E-state index is 11.9. The third kappa shape index (κ3) is 2.58. The van der Waals surface area contributed by atoms with Crippen LogP contribution in [-0.2, 0) is 0 Å². The van der Waals surface area contributed by atoms with E-state index in [4.69, 9.17) is 0 Å². The second-order valence-electron chi connectivity index (χ2n) is 3.45. The fourth-order valence-corrected chi connectivity index (χ4v) is 1.48. The van der Waals surface area contributed by atoms with Crippen LogP contribution in [0.25, 0.3) is 0 Å². The largest absolute Gasteiger partial charge is 0.322 e. The fraction of sp³-hybridized carbons (Fsp3) is 0. The lowest BCUT2D eigenvalue weighted by Gasteiger charge is -2.06. The summed E-state index contributed by atoms with van der Waals surface area (Å²) in [6.45, 7) is 0. The highest BCUT2D eigenvalue weighted by Gasteiger charge is 2.09. The Hall–Kier alpha value is -2.42. The van der Waals surface area contributed by atoms with Crippen molar-refractivity contribution in [1.29, 1.82) is 0 Å². The number of amides is 1. The third-order valence-electron chi connectivity index (χ3n) is 2.31. The second kappa shape index (κ2) is 5.07. The maximum atomic E-state index is 11.9. The predicted octanol–water partition coefficient (Wildman–Crippen LogP) is 2.55. The molecule has 17 heavy (non-hydrogen) atoms. The molecule has 0 unspecified atom stereocenters. The van der Waals surface area contributed by atoms with Crippen molar-refractivity contribution in [2.75, 3.05) is 5.32 Å². The van der Waals surface area contributed by atoms with Crippen LogP contribution in [0.3, 0.4) is 0 Å². The first kappa shape index (κ1) is 11.1. The van der Waals surface area contributed by atoms with Gasteiger partial charge in [0.05, 0.1) is 5.56 Å². The van der Waals surface area contributed by atoms with Crippen LogP contribution in [-0.4, -0.2) is 12.2 Å². The van der Waals surface area contributed by atoms with Gasteiger partial charge in [-0.15, -0.1) is 0 Å². The van der Waals surface area contributed by atoms with Crippen LogP contribution in [0, 0.1) is 6.07 Å². The van der Waals surface area contributed by atoms with Crippen molar-refractivity contribution in [1.82, 2.24) is 0 Å². The minimum atomic E-state index is -0.293. The molecule has 0 aliphatic heterocycles. The number of rotatable bonds is 3. The maximum Gasteiger partial charge on any atom is 0.256 e. The van der Waals surface area contributed by atoms with Gasteiger partial charge < -0.3 is 5.32 Å². The predicted molar refractivity (Wildman–Crippen MR) is 65.1 cm³/mol. The second-order valence-corrected chi connectivity index (χ2v) is 3.45. The molecule has 2 rings (SSSR count). The van der Waals surface area contributed by atoms with Gasteiger partial charge in [0.25, 0.3) is 5.91 Å². The Balaban J connectivity index is 2.23. The minimum absolute atomic E-state index is 0.293. The Labute approximate surface area is 99.1 Å². The molecule has 0 aliphatic rings. The third-order valence-corrected chi connectivity index (χ3v) is 2.31. The summed E-state index contributed by atoms with van der Waals surface area (Å²) in [5.41, 5.74) is 1.43. The first-order valence-electron chi connectivity index (χ1n) is 5.13. The zero-order chi connectivity index (χ0) is 12.1. The number of hydrogen-bond donors (Lipinski definition) is 1. The van der Waals surface area contributed by atoms with E-state index in [2.05, 4.69) is 11.4 Å². The number of benzene rings is 2. The molecule has 1 radical (unpaired) electrons. The van der Waals surface area contributed by atoms with Crippen LogP contribution >= 0.6 is 0 Å². The molecule has 0 aliphatic carbocycles. The molecule has 3 heteroatoms. The highest BCUT2D eigenvalue weighted by atomic mass is 16.1. The van der Waals surface area contributed by atoms with Crippen molar-refractivity contribution in [3.05, 3.63) is 65.7 Å². The zero-order valence-electron chi connectivity index (χ0n) is 9.01. The molecule has 1 amide bonds. The molecule has 0 heterocycles. The number of anilines is 1. The lowest BCUT2D eigenvalue weighted by molar-refractivity contribution is 0.101. The normalized spacial score (nSPS) is 9.65. The Morgan fingerprint density at radius 2 is 1.82 bits per heavy atom. The molecular formula is C14H10NO2. The molecule has 1 N–H and O–H groups in total. The van der Waals surface area contributed by atoms with Crippen LogP contribution in [0.15, 0.2) is 48.5 Å². The summed E-state index contributed by atoms with van der Waals surface area (Å²) in [4.78, 5) is 22.7. The molecular weight excluding hydrogens is 214 g/mol. The molecule has 0 bridgehead atoms. The number of aldehydes is 1. The van der Waals surface area contributed by atoms with Gasteiger partial charge in [-0.3, -0.25) is 9.59 Å². The van der Waals surface area contributed by atoms with Crippen LogP contribution in [0.2, 0.25) is 0 Å². The van der Waals surface area contributed by atoms with E-state index in [1.165, 1.54) is 0 Å². The number of hydrogen-bond acceptors (Lipinski definition) is 2. The first-order valence-corrected chi connectivity index (χ1v) is 5.13. The van der Waals surface area contributed by atoms with Crippen LogP contribution in [0.5, 0.6) is 0 Å². The van der Waals surface area contributed by atoms with Crippen LogP contribution in [0.1, 0.15) is 20.7 Å². The van der Waals surface area contributed by atoms with Gasteiger partial charge in [-0.1, -0.05) is 30.3 Å². The molecule has 0 spiro atoms. The molecule has 0 aromatic heterocycles. The topological polar surface area (TPSA) is 46.2 Å². The van der Waals surface area contributed by atoms with E-state index in [-0.39, 0.29) is 5.91 Å². The lowest BCUT2D eigenvalue weighted by atomic mass is 10.1. The van der Waals surface area contributed by atoms with Gasteiger partial charge in [-0.2, -0.15) is 0 Å². The zero-order valence-corrected chi connectivity index (χ0v) is 9.01. The van der Waals surface area contributed by atoms with Crippen molar-refractivity contribution in [3.63, 3.8) is 0 Å². The minimum Gasteiger partial charge on any atom is -0.322 e. The fourth-order valence-electron chi connectivity index (χ4n) is 1.48. The average molecular weight is 224 g/mol. The Morgan fingerprint density at radius 1 is 1.12 bits per heavy atom. The van der Waals surface area contributed by atoms with E-state index in [0.717, 1.165) is 0 Å². The van der Waals surface area contributed by atoms with Crippen LogP contribution < -0.4 is 5.32 Å². The number of nitrogens with one attached hydrogen (secondary N) is 1. The van der Waals surface area contributed by atoms with Gasteiger partial charge in [0.2, 0.25) is 0 Å². The molecule has 0 fully saturated rings. The van der Waals surface area contributed by atoms with E-state index >= 15 is 0 Å². The van der Waals surface area contributed by atoms with Crippen molar-refractivity contribution in [3.8, 4) is 0 Å². The molecule has 3 nitrogen and oxygen atoms in total. The van der Waals surface area contributed by atoms with Gasteiger partial charge >= 0.3 is 0 Å². The first-order chi connectivity index (χ1) is 8.31. The standard InChI is InChI=1S/C14H10NO2/c16-10-11-6-4-5-9-13(11)14(17)15-12-7-2-1-3-8-12/h2-10H,(H,15,17). The number of carbonyl (C=O) groups is 2. The Bertz CT molecular complexity index is 535. The molecule has 2 aromatic carbocycles. The van der Waals surface area contributed by atoms with Crippen molar-refractivity contribution < 1.29 is 9.59 Å². The number of carbonyl (C=O) groups excluding carboxylic acids is 2. The van der Waals surface area contributed by atoms with E-state index in [1.807, 2.05) is 0 Å². The Morgan fingerprint density at radius 3 is 2.53 bits per heavy atom. The quantitative estimate of drug-likeness (QED) is 0.814. The van der Waals surface area contributed by atoms with E-state index in [9.17, 15) is 9.59 Å². The van der Waals surface area contributed by atoms with Gasteiger partial charge in [-0.05, 0) is 24.3 Å². The van der Waals surface area contributed by atoms with Gasteiger partial charge in [0.1, 0.15) is 0 Å². The molecule has 0 atom stereocenters. The monoisotopic (exact) mass is 224 g/mol. The van der Waals surface area contributed by atoms with E-state index < -0.39 is 0 Å². The van der Waals surface area contributed by atoms with Gasteiger partial charge in [-0.25, -0.2) is 0 Å². The summed E-state index contributed by atoms with van der Waals surface area (Å²) in [6, 6.07) is 16.4. The summed E-state index contributed by atoms with van der Waals surface area (Å²) in [6.07, 6.45) is 0.674. The SMILES string of the molecule is O=Cc1ccccc1C(=O)Nc1cc[c]cc1. The summed E-state index contributed by atoms with van der Waals surface area (Å²) in [5, 5.41) is 2.72. The van der Waals surface area contributed by atoms with Crippen molar-refractivity contribution in [2.45, 2.75) is 0 Å². The average Bonchev–Trinajstić information content (AvgIpc) is 2.40. The van der Waals surface area contributed by atoms with E-state index in [0.29, 0.717) is 23.1 Å². The summed E-state index contributed by atoms with van der Waals surface area (Å²) in [7, 11) is 0. The van der Waals surface area contributed by atoms with Crippen molar-refractivity contribution >= 4 is 17.9 Å². The van der Waals surface area contributed by atoms with Crippen LogP contribution in [0.4, 0.5) is 5.69 Å². The van der Waals surface area contributed by atoms with E-state index in [1.54, 1.807) is 48.5 Å². The van der Waals surface area contributed by atoms with Gasteiger partial charge in [0.15, 0.2) is 6.29 Å². The van der Waals surface area contributed by atoms with Crippen molar-refractivity contribution in [2.24, 2.45) is 0 Å². The summed E-state index contributed by atoms with van der Waals surface area (Å²) < 4.78 is 0. The molecule has 2 aromatic rings. The Kier molecular flexibility index (Phi) is 3.31. The molecule has 0 saturated carbocycles. The molecule has 0 saturated heterocycles. The lowest BCUT2D eigenvalue weighted by Crippen LogP contribution is -2.13. The molecule has 83 valence electrons. The smallest absolute Gasteiger partial charge is 0.256 e. The highest BCUT2D eigenvalue weighted by molar-refractivity contribution is 6.08. The van der Waals surface area contributed by atoms with Gasteiger partial charge in [0, 0.05) is 11.3 Å².